The van der Waals surface area contributed by atoms with Gasteiger partial charge in [-0.1, -0.05) is 12.1 Å². The molecule has 2 N–H and O–H groups in total. The van der Waals surface area contributed by atoms with E-state index in [0.717, 1.165) is 16.7 Å². The summed E-state index contributed by atoms with van der Waals surface area (Å²) in [6.07, 6.45) is 3.12. The maximum atomic E-state index is 12.8. The van der Waals surface area contributed by atoms with Gasteiger partial charge in [-0.25, -0.2) is 4.39 Å². The molecule has 0 spiro atoms. The molecule has 0 radical (unpaired) electrons. The van der Waals surface area contributed by atoms with Gasteiger partial charge in [0.05, 0.1) is 11.9 Å². The first-order valence-electron chi connectivity index (χ1n) is 5.18. The average Bonchev–Trinajstić information content (AvgIpc) is 2.39. The van der Waals surface area contributed by atoms with Gasteiger partial charge in [0, 0.05) is 5.56 Å². The summed E-state index contributed by atoms with van der Waals surface area (Å²) < 4.78 is 12.8. The van der Waals surface area contributed by atoms with E-state index in [0.29, 0.717) is 5.69 Å². The monoisotopic (exact) mass is 229 g/mol. The van der Waals surface area contributed by atoms with Gasteiger partial charge in [0.25, 0.3) is 0 Å². The molecule has 1 aromatic heterocycles. The zero-order chi connectivity index (χ0) is 12.3. The predicted molar refractivity (Wildman–Crippen MR) is 65.3 cm³/mol. The van der Waals surface area contributed by atoms with Crippen molar-refractivity contribution in [2.75, 3.05) is 0 Å². The summed E-state index contributed by atoms with van der Waals surface area (Å²) in [5.41, 5.74) is 8.78. The highest BCUT2D eigenvalue weighted by Gasteiger charge is 2.03. The van der Waals surface area contributed by atoms with Gasteiger partial charge in [0.15, 0.2) is 0 Å². The summed E-state index contributed by atoms with van der Waals surface area (Å²) in [5, 5.41) is 7.89. The van der Waals surface area contributed by atoms with E-state index in [1.807, 2.05) is 13.0 Å². The number of hydrogen-bond donors (Lipinski definition) is 1. The number of nitrogens with zero attached hydrogens (tertiary/aromatic N) is 2. The fraction of sp³-hybridized carbons (Fsp3) is 0.0769. The summed E-state index contributed by atoms with van der Waals surface area (Å²) in [6, 6.07) is 8.12. The van der Waals surface area contributed by atoms with Gasteiger partial charge < -0.3 is 5.73 Å². The normalized spacial score (nSPS) is 11.5. The lowest BCUT2D eigenvalue weighted by atomic mass is 10.1. The molecule has 0 atom stereocenters. The van der Waals surface area contributed by atoms with E-state index in [9.17, 15) is 4.39 Å². The lowest BCUT2D eigenvalue weighted by Gasteiger charge is -2.03. The van der Waals surface area contributed by atoms with Crippen molar-refractivity contribution >= 4 is 5.57 Å². The van der Waals surface area contributed by atoms with Crippen molar-refractivity contribution < 1.29 is 4.39 Å². The molecule has 0 fully saturated rings. The summed E-state index contributed by atoms with van der Waals surface area (Å²) in [4.78, 5) is 0. The van der Waals surface area contributed by atoms with Gasteiger partial charge in [-0.2, -0.15) is 10.2 Å². The van der Waals surface area contributed by atoms with Crippen molar-refractivity contribution in [1.82, 2.24) is 10.2 Å². The van der Waals surface area contributed by atoms with Crippen molar-refractivity contribution in [3.05, 3.63) is 54.2 Å². The Labute approximate surface area is 98.8 Å². The standard InChI is InChI=1S/C13H12FN3/c1-9(7-15)13-6-11(8-16-17-13)10-2-4-12(14)5-3-10/h2-8H,15H2,1H3/b9-7-. The number of aromatic nitrogens is 2. The number of rotatable bonds is 2. The minimum atomic E-state index is -0.256. The van der Waals surface area contributed by atoms with Crippen LogP contribution in [0, 0.1) is 5.82 Å². The van der Waals surface area contributed by atoms with Crippen LogP contribution in [0.15, 0.2) is 42.7 Å². The molecule has 2 aromatic rings. The third kappa shape index (κ3) is 2.47. The fourth-order valence-electron chi connectivity index (χ4n) is 1.44. The van der Waals surface area contributed by atoms with E-state index in [2.05, 4.69) is 10.2 Å². The molecule has 0 saturated carbocycles. The lowest BCUT2D eigenvalue weighted by molar-refractivity contribution is 0.628. The zero-order valence-electron chi connectivity index (χ0n) is 9.39. The van der Waals surface area contributed by atoms with Crippen LogP contribution < -0.4 is 5.73 Å². The number of allylic oxidation sites excluding steroid dienone is 1. The molecule has 17 heavy (non-hydrogen) atoms. The first-order chi connectivity index (χ1) is 8.20. The Bertz CT molecular complexity index is 547. The molecule has 1 aromatic carbocycles. The maximum absolute atomic E-state index is 12.8. The third-order valence-corrected chi connectivity index (χ3v) is 2.49. The molecule has 3 nitrogen and oxygen atoms in total. The molecule has 0 amide bonds. The van der Waals surface area contributed by atoms with Crippen LogP contribution in [0.4, 0.5) is 4.39 Å². The fourth-order valence-corrected chi connectivity index (χ4v) is 1.44. The molecular formula is C13H12FN3. The first-order valence-corrected chi connectivity index (χ1v) is 5.18. The van der Waals surface area contributed by atoms with Crippen molar-refractivity contribution in [2.45, 2.75) is 6.92 Å². The van der Waals surface area contributed by atoms with Gasteiger partial charge in [0.1, 0.15) is 5.82 Å². The van der Waals surface area contributed by atoms with E-state index in [1.165, 1.54) is 18.3 Å². The Morgan fingerprint density at radius 2 is 1.94 bits per heavy atom. The average molecular weight is 229 g/mol. The highest BCUT2D eigenvalue weighted by molar-refractivity contribution is 5.68. The van der Waals surface area contributed by atoms with Gasteiger partial charge in [-0.05, 0) is 42.5 Å². The molecule has 4 heteroatoms. The molecule has 0 aliphatic carbocycles. The summed E-state index contributed by atoms with van der Waals surface area (Å²) >= 11 is 0. The van der Waals surface area contributed by atoms with E-state index in [1.54, 1.807) is 18.3 Å². The maximum Gasteiger partial charge on any atom is 0.123 e. The smallest absolute Gasteiger partial charge is 0.123 e. The van der Waals surface area contributed by atoms with Crippen LogP contribution in [-0.2, 0) is 0 Å². The van der Waals surface area contributed by atoms with Crippen molar-refractivity contribution in [2.24, 2.45) is 5.73 Å². The third-order valence-electron chi connectivity index (χ3n) is 2.49. The summed E-state index contributed by atoms with van der Waals surface area (Å²) in [7, 11) is 0. The van der Waals surface area contributed by atoms with Crippen LogP contribution in [0.3, 0.4) is 0 Å². The molecule has 0 aliphatic heterocycles. The quantitative estimate of drug-likeness (QED) is 0.861. The van der Waals surface area contributed by atoms with E-state index in [4.69, 9.17) is 5.73 Å². The molecule has 1 heterocycles. The predicted octanol–water partition coefficient (Wildman–Crippen LogP) is 2.60. The number of nitrogens with two attached hydrogens (primary N) is 1. The van der Waals surface area contributed by atoms with E-state index < -0.39 is 0 Å². The number of hydrogen-bond acceptors (Lipinski definition) is 3. The molecule has 86 valence electrons. The van der Waals surface area contributed by atoms with Crippen LogP contribution in [0.25, 0.3) is 16.7 Å². The van der Waals surface area contributed by atoms with E-state index in [-0.39, 0.29) is 5.82 Å². The minimum absolute atomic E-state index is 0.256. The topological polar surface area (TPSA) is 51.8 Å². The minimum Gasteiger partial charge on any atom is -0.404 e. The Morgan fingerprint density at radius 3 is 2.59 bits per heavy atom. The van der Waals surface area contributed by atoms with Crippen LogP contribution in [0.5, 0.6) is 0 Å². The first kappa shape index (κ1) is 11.3. The molecule has 2 rings (SSSR count). The molecule has 0 saturated heterocycles. The number of halogens is 1. The second-order valence-corrected chi connectivity index (χ2v) is 3.69. The van der Waals surface area contributed by atoms with Crippen LogP contribution >= 0.6 is 0 Å². The van der Waals surface area contributed by atoms with Crippen molar-refractivity contribution in [1.29, 1.82) is 0 Å². The van der Waals surface area contributed by atoms with Gasteiger partial charge in [-0.15, -0.1) is 0 Å². The van der Waals surface area contributed by atoms with Crippen molar-refractivity contribution in [3.8, 4) is 11.1 Å². The summed E-state index contributed by atoms with van der Waals surface area (Å²) in [5.74, 6) is -0.256. The van der Waals surface area contributed by atoms with Crippen LogP contribution in [-0.4, -0.2) is 10.2 Å². The molecular weight excluding hydrogens is 217 g/mol. The second kappa shape index (κ2) is 4.74. The molecule has 0 bridgehead atoms. The van der Waals surface area contributed by atoms with Crippen molar-refractivity contribution in [3.63, 3.8) is 0 Å². The Kier molecular flexibility index (Phi) is 3.14. The highest BCUT2D eigenvalue weighted by atomic mass is 19.1. The largest absolute Gasteiger partial charge is 0.404 e. The molecule has 0 aliphatic rings. The second-order valence-electron chi connectivity index (χ2n) is 3.69. The SMILES string of the molecule is C/C(=C/N)c1cc(-c2ccc(F)cc2)cnn1. The summed E-state index contributed by atoms with van der Waals surface area (Å²) in [6.45, 7) is 1.86. The Morgan fingerprint density at radius 1 is 1.24 bits per heavy atom. The zero-order valence-corrected chi connectivity index (χ0v) is 9.39. The Balaban J connectivity index is 2.43. The van der Waals surface area contributed by atoms with Gasteiger partial charge in [-0.3, -0.25) is 0 Å². The van der Waals surface area contributed by atoms with E-state index >= 15 is 0 Å². The van der Waals surface area contributed by atoms with Gasteiger partial charge in [0.2, 0.25) is 0 Å². The van der Waals surface area contributed by atoms with Gasteiger partial charge >= 0.3 is 0 Å². The Hall–Kier alpha value is -2.23. The van der Waals surface area contributed by atoms with Crippen LogP contribution in [0.1, 0.15) is 12.6 Å². The highest BCUT2D eigenvalue weighted by Crippen LogP contribution is 2.21. The van der Waals surface area contributed by atoms with Crippen LogP contribution in [0.2, 0.25) is 0 Å². The molecule has 0 unspecified atom stereocenters. The number of benzene rings is 1. The lowest BCUT2D eigenvalue weighted by Crippen LogP contribution is -1.93.